The summed E-state index contributed by atoms with van der Waals surface area (Å²) in [5, 5.41) is 0.562. The molecule has 0 aliphatic heterocycles. The molecule has 100 valence electrons. The number of hydrogen-bond acceptors (Lipinski definition) is 3. The summed E-state index contributed by atoms with van der Waals surface area (Å²) in [5.74, 6) is 0.635. The first kappa shape index (κ1) is 14.3. The van der Waals surface area contributed by atoms with Gasteiger partial charge in [0.2, 0.25) is 0 Å². The fourth-order valence-electron chi connectivity index (χ4n) is 1.56. The summed E-state index contributed by atoms with van der Waals surface area (Å²) >= 11 is 9.49. The van der Waals surface area contributed by atoms with E-state index in [-0.39, 0.29) is 6.04 Å². The molecule has 0 amide bonds. The lowest BCUT2D eigenvalue weighted by atomic mass is 10.1. The molecule has 5 heteroatoms. The van der Waals surface area contributed by atoms with Crippen LogP contribution in [0.15, 0.2) is 41.0 Å². The van der Waals surface area contributed by atoms with Crippen LogP contribution in [0.25, 0.3) is 0 Å². The maximum Gasteiger partial charge on any atom is 0.138 e. The van der Waals surface area contributed by atoms with Crippen molar-refractivity contribution in [2.24, 2.45) is 5.73 Å². The molecule has 2 aromatic rings. The fraction of sp³-hybridized carbons (Fsp3) is 0.214. The maximum absolute atomic E-state index is 6.16. The minimum absolute atomic E-state index is 0.0420. The summed E-state index contributed by atoms with van der Waals surface area (Å²) in [5.41, 5.74) is 7.63. The topological polar surface area (TPSA) is 48.1 Å². The SMILES string of the molecule is C[C@@H](N)c1ccc(OCc2ccc(Br)cn2)c(Cl)c1. The molecule has 0 unspecified atom stereocenters. The van der Waals surface area contributed by atoms with Gasteiger partial charge in [-0.05, 0) is 52.7 Å². The van der Waals surface area contributed by atoms with Crippen LogP contribution >= 0.6 is 27.5 Å². The minimum Gasteiger partial charge on any atom is -0.486 e. The number of aromatic nitrogens is 1. The summed E-state index contributed by atoms with van der Waals surface area (Å²) in [6.45, 7) is 2.29. The van der Waals surface area contributed by atoms with Gasteiger partial charge in [0.15, 0.2) is 0 Å². The summed E-state index contributed by atoms with van der Waals surface area (Å²) < 4.78 is 6.59. The van der Waals surface area contributed by atoms with Crippen LogP contribution in [0.5, 0.6) is 5.75 Å². The maximum atomic E-state index is 6.16. The highest BCUT2D eigenvalue weighted by molar-refractivity contribution is 9.10. The molecule has 0 saturated carbocycles. The van der Waals surface area contributed by atoms with Crippen molar-refractivity contribution in [3.05, 3.63) is 57.3 Å². The number of halogens is 2. The molecule has 2 rings (SSSR count). The van der Waals surface area contributed by atoms with Crippen molar-refractivity contribution in [1.82, 2.24) is 4.98 Å². The van der Waals surface area contributed by atoms with Crippen molar-refractivity contribution in [2.45, 2.75) is 19.6 Å². The van der Waals surface area contributed by atoms with Crippen molar-refractivity contribution < 1.29 is 4.74 Å². The lowest BCUT2D eigenvalue weighted by Crippen LogP contribution is -2.05. The molecule has 19 heavy (non-hydrogen) atoms. The van der Waals surface area contributed by atoms with Crippen LogP contribution < -0.4 is 10.5 Å². The number of ether oxygens (including phenoxy) is 1. The fourth-order valence-corrected chi connectivity index (χ4v) is 2.04. The number of hydrogen-bond donors (Lipinski definition) is 1. The molecule has 0 saturated heterocycles. The van der Waals surface area contributed by atoms with Crippen LogP contribution in [0.1, 0.15) is 24.2 Å². The van der Waals surface area contributed by atoms with Crippen LogP contribution in [0.4, 0.5) is 0 Å². The Hall–Kier alpha value is -1.10. The van der Waals surface area contributed by atoms with Crippen molar-refractivity contribution in [2.75, 3.05) is 0 Å². The van der Waals surface area contributed by atoms with Gasteiger partial charge in [-0.15, -0.1) is 0 Å². The summed E-state index contributed by atoms with van der Waals surface area (Å²) in [4.78, 5) is 4.23. The Morgan fingerprint density at radius 3 is 2.74 bits per heavy atom. The predicted octanol–water partition coefficient (Wildman–Crippen LogP) is 4.10. The first-order valence-corrected chi connectivity index (χ1v) is 7.01. The van der Waals surface area contributed by atoms with Gasteiger partial charge in [0.1, 0.15) is 12.4 Å². The smallest absolute Gasteiger partial charge is 0.138 e. The van der Waals surface area contributed by atoms with E-state index in [1.165, 1.54) is 0 Å². The quantitative estimate of drug-likeness (QED) is 0.911. The average Bonchev–Trinajstić information content (AvgIpc) is 2.39. The molecule has 0 aliphatic carbocycles. The average molecular weight is 342 g/mol. The van der Waals surface area contributed by atoms with E-state index >= 15 is 0 Å². The van der Waals surface area contributed by atoms with Gasteiger partial charge in [0.05, 0.1) is 10.7 Å². The van der Waals surface area contributed by atoms with Crippen LogP contribution in [-0.4, -0.2) is 4.98 Å². The highest BCUT2D eigenvalue weighted by Gasteiger charge is 2.06. The number of benzene rings is 1. The van der Waals surface area contributed by atoms with E-state index in [2.05, 4.69) is 20.9 Å². The van der Waals surface area contributed by atoms with Gasteiger partial charge in [-0.1, -0.05) is 17.7 Å². The zero-order valence-corrected chi connectivity index (χ0v) is 12.8. The number of nitrogens with two attached hydrogens (primary N) is 1. The molecular weight excluding hydrogens is 328 g/mol. The number of pyridine rings is 1. The second-order valence-corrected chi connectivity index (χ2v) is 5.56. The summed E-state index contributed by atoms with van der Waals surface area (Å²) in [6, 6.07) is 9.36. The highest BCUT2D eigenvalue weighted by Crippen LogP contribution is 2.27. The van der Waals surface area contributed by atoms with Crippen molar-refractivity contribution in [3.63, 3.8) is 0 Å². The van der Waals surface area contributed by atoms with Gasteiger partial charge in [0, 0.05) is 16.7 Å². The molecule has 1 atom stereocenters. The zero-order valence-electron chi connectivity index (χ0n) is 10.4. The van der Waals surface area contributed by atoms with E-state index in [0.717, 1.165) is 15.7 Å². The Balaban J connectivity index is 2.05. The molecule has 0 aliphatic rings. The third-order valence-corrected chi connectivity index (χ3v) is 3.41. The molecule has 0 spiro atoms. The Kier molecular flexibility index (Phi) is 4.80. The number of rotatable bonds is 4. The molecule has 1 aromatic carbocycles. The van der Waals surface area contributed by atoms with Gasteiger partial charge in [-0.25, -0.2) is 0 Å². The Morgan fingerprint density at radius 1 is 1.37 bits per heavy atom. The van der Waals surface area contributed by atoms with Crippen LogP contribution in [-0.2, 0) is 6.61 Å². The largest absolute Gasteiger partial charge is 0.486 e. The highest BCUT2D eigenvalue weighted by atomic mass is 79.9. The second kappa shape index (κ2) is 6.37. The minimum atomic E-state index is -0.0420. The van der Waals surface area contributed by atoms with Crippen LogP contribution in [0, 0.1) is 0 Å². The number of nitrogens with zero attached hydrogens (tertiary/aromatic N) is 1. The lowest BCUT2D eigenvalue weighted by Gasteiger charge is -2.11. The molecule has 0 bridgehead atoms. The zero-order chi connectivity index (χ0) is 13.8. The predicted molar refractivity (Wildman–Crippen MR) is 80.3 cm³/mol. The Labute approximate surface area is 125 Å². The van der Waals surface area contributed by atoms with E-state index in [1.807, 2.05) is 37.3 Å². The third kappa shape index (κ3) is 3.93. The van der Waals surface area contributed by atoms with Crippen LogP contribution in [0.3, 0.4) is 0 Å². The first-order valence-electron chi connectivity index (χ1n) is 5.84. The van der Waals surface area contributed by atoms with Gasteiger partial charge in [-0.2, -0.15) is 0 Å². The van der Waals surface area contributed by atoms with Gasteiger partial charge in [-0.3, -0.25) is 4.98 Å². The van der Waals surface area contributed by atoms with Crippen LogP contribution in [0.2, 0.25) is 5.02 Å². The standard InChI is InChI=1S/C14H14BrClN2O/c1-9(17)10-2-5-14(13(16)6-10)19-8-12-4-3-11(15)7-18-12/h2-7,9H,8,17H2,1H3/t9-/m1/s1. The van der Waals surface area contributed by atoms with Crippen molar-refractivity contribution in [3.8, 4) is 5.75 Å². The first-order chi connectivity index (χ1) is 9.06. The third-order valence-electron chi connectivity index (χ3n) is 2.65. The normalized spacial score (nSPS) is 12.2. The Morgan fingerprint density at radius 2 is 2.16 bits per heavy atom. The van der Waals surface area contributed by atoms with Crippen molar-refractivity contribution in [1.29, 1.82) is 0 Å². The summed E-state index contributed by atoms with van der Waals surface area (Å²) in [7, 11) is 0. The van der Waals surface area contributed by atoms with Gasteiger partial charge >= 0.3 is 0 Å². The monoisotopic (exact) mass is 340 g/mol. The van der Waals surface area contributed by atoms with Gasteiger partial charge < -0.3 is 10.5 Å². The molecule has 2 N–H and O–H groups in total. The molecule has 3 nitrogen and oxygen atoms in total. The van der Waals surface area contributed by atoms with E-state index < -0.39 is 0 Å². The van der Waals surface area contributed by atoms with E-state index in [1.54, 1.807) is 6.20 Å². The molecular formula is C14H14BrClN2O. The van der Waals surface area contributed by atoms with E-state index in [4.69, 9.17) is 22.1 Å². The van der Waals surface area contributed by atoms with Gasteiger partial charge in [0.25, 0.3) is 0 Å². The van der Waals surface area contributed by atoms with Crippen molar-refractivity contribution >= 4 is 27.5 Å². The second-order valence-electron chi connectivity index (χ2n) is 4.23. The lowest BCUT2D eigenvalue weighted by molar-refractivity contribution is 0.301. The molecule has 1 heterocycles. The summed E-state index contributed by atoms with van der Waals surface area (Å²) in [6.07, 6.45) is 1.74. The Bertz CT molecular complexity index is 558. The van der Waals surface area contributed by atoms with E-state index in [0.29, 0.717) is 17.4 Å². The molecule has 0 fully saturated rings. The molecule has 1 aromatic heterocycles. The molecule has 0 radical (unpaired) electrons. The van der Waals surface area contributed by atoms with E-state index in [9.17, 15) is 0 Å².